The Morgan fingerprint density at radius 1 is 0.352 bits per heavy atom. The second-order valence-electron chi connectivity index (χ2n) is 33.2. The third-order valence-electron chi connectivity index (χ3n) is 24.5. The van der Waals surface area contributed by atoms with Crippen molar-refractivity contribution in [2.45, 2.75) is 266 Å². The summed E-state index contributed by atoms with van der Waals surface area (Å²) in [4.78, 5) is 89.3. The Morgan fingerprint density at radius 3 is 0.954 bits per heavy atom. The predicted molar refractivity (Wildman–Crippen MR) is 432 cm³/mol. The first-order valence-electron chi connectivity index (χ1n) is 41.8. The molecule has 9 aliphatic rings. The number of fused-ring (bicyclic) bond motifs is 12. The zero-order valence-corrected chi connectivity index (χ0v) is 64.9. The van der Waals surface area contributed by atoms with E-state index in [-0.39, 0.29) is 29.5 Å². The highest BCUT2D eigenvalue weighted by molar-refractivity contribution is 5.93. The first-order valence-corrected chi connectivity index (χ1v) is 41.8. The highest BCUT2D eigenvalue weighted by atomic mass is 16.2. The van der Waals surface area contributed by atoms with Gasteiger partial charge in [0.05, 0.1) is 68.3 Å². The van der Waals surface area contributed by atoms with Crippen LogP contribution in [0.25, 0.3) is 45.0 Å². The van der Waals surface area contributed by atoms with E-state index in [0.29, 0.717) is 65.8 Å². The molecular weight excluding hydrogens is 1340 g/mol. The zero-order chi connectivity index (χ0) is 74.5. The fourth-order valence-corrected chi connectivity index (χ4v) is 18.4. The molecular formula is C92H114N12O4. The van der Waals surface area contributed by atoms with Gasteiger partial charge in [-0.1, -0.05) is 247 Å². The number of nitrogens with zero attached hydrogens (tertiary/aromatic N) is 8. The Kier molecular flexibility index (Phi) is 25.3. The van der Waals surface area contributed by atoms with Gasteiger partial charge in [0, 0.05) is 47.9 Å². The van der Waals surface area contributed by atoms with E-state index in [9.17, 15) is 19.2 Å². The van der Waals surface area contributed by atoms with Crippen molar-refractivity contribution < 1.29 is 19.2 Å². The zero-order valence-electron chi connectivity index (χ0n) is 64.9. The summed E-state index contributed by atoms with van der Waals surface area (Å²) in [5.41, 5.74) is 22.3. The first-order chi connectivity index (χ1) is 52.7. The molecule has 9 aliphatic carbocycles. The van der Waals surface area contributed by atoms with Crippen molar-refractivity contribution in [3.05, 3.63) is 165 Å². The van der Waals surface area contributed by atoms with Crippen LogP contribution in [0.3, 0.4) is 0 Å². The molecule has 1 unspecified atom stereocenters. The minimum absolute atomic E-state index is 0.0112. The molecule has 16 nitrogen and oxygen atoms in total. The molecule has 4 aromatic carbocycles. The van der Waals surface area contributed by atoms with E-state index < -0.39 is 0 Å². The number of anilines is 4. The van der Waals surface area contributed by atoms with Crippen LogP contribution in [0.1, 0.15) is 257 Å². The van der Waals surface area contributed by atoms with Crippen LogP contribution in [-0.4, -0.2) is 63.5 Å². The summed E-state index contributed by atoms with van der Waals surface area (Å²) in [6.07, 6.45) is 39.9. The Labute approximate surface area is 640 Å². The number of carbonyl (C=O) groups excluding carboxylic acids is 4. The number of carbonyl (C=O) groups is 4. The summed E-state index contributed by atoms with van der Waals surface area (Å²) in [5, 5.41) is 12.3. The molecule has 566 valence electrons. The molecule has 8 aromatic rings. The fraction of sp³-hybridized carbons (Fsp3) is 0.522. The molecule has 0 aliphatic heterocycles. The molecule has 5 saturated carbocycles. The number of hydrogen-bond acceptors (Lipinski definition) is 12. The van der Waals surface area contributed by atoms with Gasteiger partial charge >= 0.3 is 0 Å². The van der Waals surface area contributed by atoms with Gasteiger partial charge in [-0.05, 0) is 154 Å². The van der Waals surface area contributed by atoms with Crippen LogP contribution in [-0.2, 0) is 96.2 Å². The van der Waals surface area contributed by atoms with Crippen LogP contribution in [0.15, 0.2) is 97.1 Å². The smallest absolute Gasteiger partial charge is 0.228 e. The van der Waals surface area contributed by atoms with Crippen molar-refractivity contribution >= 4 is 46.9 Å². The van der Waals surface area contributed by atoms with Crippen LogP contribution in [0.4, 0.5) is 23.3 Å². The minimum Gasteiger partial charge on any atom is -0.309 e. The molecule has 17 rings (SSSR count). The molecule has 0 bridgehead atoms. The molecule has 1 atom stereocenters. The maximum Gasteiger partial charge on any atom is 0.228 e. The average Bonchev–Trinajstić information content (AvgIpc) is 0.953. The third-order valence-corrected chi connectivity index (χ3v) is 24.5. The quantitative estimate of drug-likeness (QED) is 0.0630. The molecule has 0 spiro atoms. The van der Waals surface area contributed by atoms with Crippen molar-refractivity contribution in [3.63, 3.8) is 0 Å². The number of aromatic nitrogens is 8. The monoisotopic (exact) mass is 1450 g/mol. The second kappa shape index (κ2) is 36.1. The second-order valence-corrected chi connectivity index (χ2v) is 33.2. The topological polar surface area (TPSA) is 220 Å². The lowest BCUT2D eigenvalue weighted by Gasteiger charge is -2.23. The number of nitrogens with one attached hydrogen (secondary N) is 4. The van der Waals surface area contributed by atoms with Crippen LogP contribution in [0, 0.1) is 41.4 Å². The molecule has 4 heterocycles. The van der Waals surface area contributed by atoms with Gasteiger partial charge in [-0.3, -0.25) is 19.2 Å². The Morgan fingerprint density at radius 2 is 0.639 bits per heavy atom. The summed E-state index contributed by atoms with van der Waals surface area (Å²) in [6, 6.07) is 34.1. The number of amides is 4. The highest BCUT2D eigenvalue weighted by Gasteiger charge is 2.32. The predicted octanol–water partition coefficient (Wildman–Crippen LogP) is 19.7. The van der Waals surface area contributed by atoms with Gasteiger partial charge in [0.1, 0.15) is 0 Å². The van der Waals surface area contributed by atoms with Crippen molar-refractivity contribution in [2.24, 2.45) is 41.4 Å². The van der Waals surface area contributed by atoms with E-state index >= 15 is 0 Å². The van der Waals surface area contributed by atoms with E-state index in [1.807, 2.05) is 13.8 Å². The number of aryl methyl sites for hydroxylation is 8. The van der Waals surface area contributed by atoms with Crippen LogP contribution >= 0.6 is 0 Å². The van der Waals surface area contributed by atoms with E-state index in [1.54, 1.807) is 0 Å². The number of benzene rings is 4. The molecule has 5 fully saturated rings. The molecule has 16 heteroatoms. The Hall–Kier alpha value is -8.92. The largest absolute Gasteiger partial charge is 0.309 e. The first kappa shape index (κ1) is 75.9. The normalized spacial score (nSPS) is 17.4. The van der Waals surface area contributed by atoms with Gasteiger partial charge in [0.2, 0.25) is 23.6 Å². The van der Waals surface area contributed by atoms with Gasteiger partial charge < -0.3 is 21.3 Å². The van der Waals surface area contributed by atoms with Crippen molar-refractivity contribution in [2.75, 3.05) is 21.3 Å². The molecule has 4 N–H and O–H groups in total. The summed E-state index contributed by atoms with van der Waals surface area (Å²) in [5.74, 6) is 6.48. The van der Waals surface area contributed by atoms with Crippen LogP contribution in [0.2, 0.25) is 0 Å². The molecule has 0 radical (unpaired) electrons. The van der Waals surface area contributed by atoms with Crippen molar-refractivity contribution in [3.8, 4) is 45.0 Å². The van der Waals surface area contributed by atoms with Gasteiger partial charge in [0.15, 0.2) is 23.3 Å². The molecule has 4 aromatic heterocycles. The lowest BCUT2D eigenvalue weighted by Crippen LogP contribution is -2.23. The molecule has 108 heavy (non-hydrogen) atoms. The summed E-state index contributed by atoms with van der Waals surface area (Å²) < 4.78 is 0. The van der Waals surface area contributed by atoms with E-state index in [4.69, 9.17) is 39.9 Å². The third kappa shape index (κ3) is 19.0. The lowest BCUT2D eigenvalue weighted by molar-refractivity contribution is -0.119. The van der Waals surface area contributed by atoms with Gasteiger partial charge in [-0.25, -0.2) is 39.9 Å². The maximum absolute atomic E-state index is 12.9. The van der Waals surface area contributed by atoms with E-state index in [1.165, 1.54) is 186 Å². The molecule has 0 saturated heterocycles. The maximum atomic E-state index is 12.9. The number of hydrogen-bond donors (Lipinski definition) is 4. The van der Waals surface area contributed by atoms with Crippen molar-refractivity contribution in [1.29, 1.82) is 0 Å². The average molecular weight is 1450 g/mol. The summed E-state index contributed by atoms with van der Waals surface area (Å²) in [7, 11) is 0. The van der Waals surface area contributed by atoms with Crippen LogP contribution < -0.4 is 21.3 Å². The lowest BCUT2D eigenvalue weighted by atomic mass is 9.87. The van der Waals surface area contributed by atoms with Crippen molar-refractivity contribution in [1.82, 2.24) is 39.9 Å². The van der Waals surface area contributed by atoms with Gasteiger partial charge in [-0.15, -0.1) is 0 Å². The van der Waals surface area contributed by atoms with E-state index in [0.717, 1.165) is 158 Å². The van der Waals surface area contributed by atoms with Gasteiger partial charge in [0.25, 0.3) is 0 Å². The fourth-order valence-electron chi connectivity index (χ4n) is 18.4. The van der Waals surface area contributed by atoms with E-state index in [2.05, 4.69) is 132 Å². The van der Waals surface area contributed by atoms with Gasteiger partial charge in [-0.2, -0.15) is 0 Å². The standard InChI is InChI=1S/C26H33N3O.2C23H29N3O.C20H23N3O/c30-24(17-19-8-2-1-3-9-19)29-26-23(16-18-10-4-5-11-18)27-25-21-13-7-6-12-20(21)14-15-22(25)28-26;1-15(2)13-21(27)26-23-20(14-16-7-3-4-8-16)24-22-18-10-6-5-9-17(18)11-12-19(22)25-23;1-3-15(2)23(27)26-22-20(14-16-8-4-5-9-16)24-21-18-11-7-6-10-17(18)12-13-19(21)25-22;1-13(24)21-20-18(12-14-6-2-3-7-14)22-19-16-9-5-4-8-15(16)10-11-17(19)23-20/h6-7,12-13,18-19H,1-5,8-11,14-17H2,(H,28,29,30);5-6,9-10,15-16H,3-4,7-8,11-14H2,1-2H3,(H,25,26,27);6-7,10-11,15-16H,3-5,8-9,12-14H2,1-2H3,(H,25,26,27);4-5,8-9,14H,2-3,6-7,10-12H2,1H3,(H,21,23,24). The SMILES string of the molecule is CC(=O)Nc1nc2c(nc1CC1CCCC1)-c1ccccc1CC2.CC(C)CC(=O)Nc1nc2c(nc1CC1CCCC1)-c1ccccc1CC2.CCC(C)C(=O)Nc1nc2c(nc1CC1CCCC1)-c1ccccc1CC2.O=C(CC1CCCCC1)Nc1nc2c(nc1CC1CCCC1)-c1ccccc1CC2. The summed E-state index contributed by atoms with van der Waals surface area (Å²) in [6.45, 7) is 9.67. The minimum atomic E-state index is -0.0758. The number of rotatable bonds is 18. The summed E-state index contributed by atoms with van der Waals surface area (Å²) >= 11 is 0. The Bertz CT molecular complexity index is 4500. The van der Waals surface area contributed by atoms with Crippen LogP contribution in [0.5, 0.6) is 0 Å². The highest BCUT2D eigenvalue weighted by Crippen LogP contribution is 2.41. The molecule has 4 amide bonds. The Balaban J connectivity index is 0.000000121.